The van der Waals surface area contributed by atoms with Crippen LogP contribution in [0.2, 0.25) is 0 Å². The van der Waals surface area contributed by atoms with Crippen LogP contribution in [0.4, 0.5) is 5.69 Å². The second kappa shape index (κ2) is 10.1. The lowest BCUT2D eigenvalue weighted by atomic mass is 10.2. The van der Waals surface area contributed by atoms with E-state index in [-0.39, 0.29) is 24.6 Å². The molecule has 0 aliphatic heterocycles. The molecule has 3 rings (SSSR count). The summed E-state index contributed by atoms with van der Waals surface area (Å²) in [5, 5.41) is 2.74. The summed E-state index contributed by atoms with van der Waals surface area (Å²) >= 11 is 0. The van der Waals surface area contributed by atoms with Crippen molar-refractivity contribution in [3.63, 3.8) is 0 Å². The molecule has 7 heteroatoms. The van der Waals surface area contributed by atoms with Crippen molar-refractivity contribution in [2.24, 2.45) is 0 Å². The number of benzene rings is 3. The number of sulfonamides is 1. The Morgan fingerprint density at radius 1 is 0.935 bits per heavy atom. The quantitative estimate of drug-likeness (QED) is 0.517. The maximum Gasteiger partial charge on any atom is 0.264 e. The number of carbonyl (C=O) groups is 1. The molecule has 0 atom stereocenters. The van der Waals surface area contributed by atoms with Crippen molar-refractivity contribution in [3.05, 3.63) is 90.0 Å². The van der Waals surface area contributed by atoms with Crippen LogP contribution in [0.3, 0.4) is 0 Å². The van der Waals surface area contributed by atoms with Crippen LogP contribution in [0.1, 0.15) is 11.1 Å². The zero-order valence-corrected chi connectivity index (χ0v) is 18.4. The molecule has 0 saturated carbocycles. The van der Waals surface area contributed by atoms with Crippen molar-refractivity contribution in [2.75, 3.05) is 24.0 Å². The number of hydrogen-bond donors (Lipinski definition) is 1. The lowest BCUT2D eigenvalue weighted by molar-refractivity contribution is -0.119. The Labute approximate surface area is 183 Å². The number of carbonyl (C=O) groups excluding carboxylic acids is 1. The summed E-state index contributed by atoms with van der Waals surface area (Å²) < 4.78 is 33.4. The third-order valence-electron chi connectivity index (χ3n) is 4.69. The number of anilines is 1. The van der Waals surface area contributed by atoms with Crippen molar-refractivity contribution in [3.8, 4) is 5.75 Å². The standard InChI is InChI=1S/C24H26N2O4S/c1-19-9-8-11-21(17-19)30-16-15-25-24(27)18-26(23-14-7-6-10-20(23)2)31(28,29)22-12-4-3-5-13-22/h3-14,17H,15-16,18H2,1-2H3,(H,25,27). The number of nitrogens with zero attached hydrogens (tertiary/aromatic N) is 1. The molecule has 0 aliphatic carbocycles. The topological polar surface area (TPSA) is 75.7 Å². The first-order valence-electron chi connectivity index (χ1n) is 9.97. The summed E-state index contributed by atoms with van der Waals surface area (Å²) in [7, 11) is -3.91. The lowest BCUT2D eigenvalue weighted by Crippen LogP contribution is -2.42. The molecule has 0 heterocycles. The van der Waals surface area contributed by atoms with Crippen LogP contribution in [-0.4, -0.2) is 34.0 Å². The molecule has 0 fully saturated rings. The van der Waals surface area contributed by atoms with E-state index >= 15 is 0 Å². The van der Waals surface area contributed by atoms with Crippen LogP contribution in [0, 0.1) is 13.8 Å². The van der Waals surface area contributed by atoms with E-state index in [1.54, 1.807) is 30.3 Å². The summed E-state index contributed by atoms with van der Waals surface area (Å²) in [6.45, 7) is 4.01. The van der Waals surface area contributed by atoms with Gasteiger partial charge in [0.05, 0.1) is 17.1 Å². The number of hydrogen-bond acceptors (Lipinski definition) is 4. The molecule has 162 valence electrons. The van der Waals surface area contributed by atoms with Gasteiger partial charge < -0.3 is 10.1 Å². The molecular formula is C24H26N2O4S. The zero-order valence-electron chi connectivity index (χ0n) is 17.6. The summed E-state index contributed by atoms with van der Waals surface area (Å²) in [5.74, 6) is 0.318. The van der Waals surface area contributed by atoms with Gasteiger partial charge >= 0.3 is 0 Å². The van der Waals surface area contributed by atoms with Crippen molar-refractivity contribution in [1.29, 1.82) is 0 Å². The first-order chi connectivity index (χ1) is 14.9. The summed E-state index contributed by atoms with van der Waals surface area (Å²) in [5.41, 5.74) is 2.32. The van der Waals surface area contributed by atoms with E-state index in [2.05, 4.69) is 5.32 Å². The Kier molecular flexibility index (Phi) is 7.31. The predicted molar refractivity (Wildman–Crippen MR) is 122 cm³/mol. The first kappa shape index (κ1) is 22.4. The van der Waals surface area contributed by atoms with Crippen molar-refractivity contribution < 1.29 is 17.9 Å². The van der Waals surface area contributed by atoms with Crippen LogP contribution in [-0.2, 0) is 14.8 Å². The molecular weight excluding hydrogens is 412 g/mol. The number of ether oxygens (including phenoxy) is 1. The average molecular weight is 439 g/mol. The molecule has 0 aliphatic rings. The van der Waals surface area contributed by atoms with Gasteiger partial charge in [0.15, 0.2) is 0 Å². The SMILES string of the molecule is Cc1cccc(OCCNC(=O)CN(c2ccccc2C)S(=O)(=O)c2ccccc2)c1. The first-order valence-corrected chi connectivity index (χ1v) is 11.4. The minimum atomic E-state index is -3.91. The van der Waals surface area contributed by atoms with Crippen LogP contribution in [0.15, 0.2) is 83.8 Å². The van der Waals surface area contributed by atoms with E-state index in [0.717, 1.165) is 21.2 Å². The van der Waals surface area contributed by atoms with Crippen LogP contribution in [0.25, 0.3) is 0 Å². The van der Waals surface area contributed by atoms with Gasteiger partial charge in [0.1, 0.15) is 18.9 Å². The molecule has 6 nitrogen and oxygen atoms in total. The van der Waals surface area contributed by atoms with Gasteiger partial charge in [-0.05, 0) is 55.3 Å². The van der Waals surface area contributed by atoms with E-state index in [1.165, 1.54) is 12.1 Å². The largest absolute Gasteiger partial charge is 0.492 e. The van der Waals surface area contributed by atoms with Gasteiger partial charge in [0, 0.05) is 0 Å². The van der Waals surface area contributed by atoms with Gasteiger partial charge in [0.25, 0.3) is 10.0 Å². The van der Waals surface area contributed by atoms with E-state index in [9.17, 15) is 13.2 Å². The van der Waals surface area contributed by atoms with Crippen molar-refractivity contribution in [1.82, 2.24) is 5.32 Å². The second-order valence-electron chi connectivity index (χ2n) is 7.13. The Balaban J connectivity index is 1.70. The highest BCUT2D eigenvalue weighted by Crippen LogP contribution is 2.26. The Morgan fingerprint density at radius 3 is 2.35 bits per heavy atom. The Bertz CT molecular complexity index is 1130. The van der Waals surface area contributed by atoms with E-state index < -0.39 is 15.9 Å². The Morgan fingerprint density at radius 2 is 1.65 bits per heavy atom. The van der Waals surface area contributed by atoms with Crippen LogP contribution >= 0.6 is 0 Å². The smallest absolute Gasteiger partial charge is 0.264 e. The van der Waals surface area contributed by atoms with Gasteiger partial charge in [-0.15, -0.1) is 0 Å². The normalized spacial score (nSPS) is 11.0. The molecule has 1 amide bonds. The number of nitrogens with one attached hydrogen (secondary N) is 1. The van der Waals surface area contributed by atoms with E-state index in [0.29, 0.717) is 5.69 Å². The fraction of sp³-hybridized carbons (Fsp3) is 0.208. The monoisotopic (exact) mass is 438 g/mol. The zero-order chi connectivity index (χ0) is 22.3. The number of rotatable bonds is 9. The molecule has 3 aromatic rings. The minimum absolute atomic E-state index is 0.133. The Hall–Kier alpha value is -3.32. The minimum Gasteiger partial charge on any atom is -0.492 e. The molecule has 1 N–H and O–H groups in total. The number of amides is 1. The summed E-state index contributed by atoms with van der Waals surface area (Å²) in [6, 6.07) is 22.8. The molecule has 0 spiro atoms. The second-order valence-corrected chi connectivity index (χ2v) is 8.99. The summed E-state index contributed by atoms with van der Waals surface area (Å²) in [4.78, 5) is 12.7. The molecule has 3 aromatic carbocycles. The molecule has 0 bridgehead atoms. The van der Waals surface area contributed by atoms with Crippen molar-refractivity contribution in [2.45, 2.75) is 18.7 Å². The molecule has 31 heavy (non-hydrogen) atoms. The predicted octanol–water partition coefficient (Wildman–Crippen LogP) is 3.69. The van der Waals surface area contributed by atoms with Gasteiger partial charge in [0.2, 0.25) is 5.91 Å². The molecule has 0 aromatic heterocycles. The average Bonchev–Trinajstić information content (AvgIpc) is 2.76. The van der Waals surface area contributed by atoms with E-state index in [4.69, 9.17) is 4.74 Å². The van der Waals surface area contributed by atoms with Crippen molar-refractivity contribution >= 4 is 21.6 Å². The fourth-order valence-electron chi connectivity index (χ4n) is 3.11. The van der Waals surface area contributed by atoms with Crippen LogP contribution in [0.5, 0.6) is 5.75 Å². The van der Waals surface area contributed by atoms with Gasteiger partial charge in [-0.25, -0.2) is 8.42 Å². The molecule has 0 saturated heterocycles. The molecule has 0 unspecified atom stereocenters. The van der Waals surface area contributed by atoms with Crippen LogP contribution < -0.4 is 14.4 Å². The van der Waals surface area contributed by atoms with Gasteiger partial charge in [-0.2, -0.15) is 0 Å². The fourth-order valence-corrected chi connectivity index (χ4v) is 4.62. The van der Waals surface area contributed by atoms with Gasteiger partial charge in [-0.3, -0.25) is 9.10 Å². The molecule has 0 radical (unpaired) electrons. The third kappa shape index (κ3) is 5.86. The lowest BCUT2D eigenvalue weighted by Gasteiger charge is -2.25. The maximum atomic E-state index is 13.3. The summed E-state index contributed by atoms with van der Waals surface area (Å²) in [6.07, 6.45) is 0. The number of para-hydroxylation sites is 1. The van der Waals surface area contributed by atoms with Gasteiger partial charge in [-0.1, -0.05) is 48.5 Å². The highest BCUT2D eigenvalue weighted by molar-refractivity contribution is 7.92. The number of aryl methyl sites for hydroxylation is 2. The maximum absolute atomic E-state index is 13.3. The van der Waals surface area contributed by atoms with E-state index in [1.807, 2.05) is 50.2 Å². The highest BCUT2D eigenvalue weighted by atomic mass is 32.2. The third-order valence-corrected chi connectivity index (χ3v) is 6.46. The highest BCUT2D eigenvalue weighted by Gasteiger charge is 2.27.